The molecule has 0 aliphatic carbocycles. The highest BCUT2D eigenvalue weighted by atomic mass is 16.3. The Kier molecular flexibility index (Phi) is 3.29. The number of aromatic nitrogens is 1. The minimum atomic E-state index is -0.114. The van der Waals surface area contributed by atoms with Gasteiger partial charge in [-0.05, 0) is 39.0 Å². The lowest BCUT2D eigenvalue weighted by molar-refractivity contribution is 0.0935. The van der Waals surface area contributed by atoms with Crippen molar-refractivity contribution < 1.29 is 9.21 Å². The Bertz CT molecular complexity index is 765. The second kappa shape index (κ2) is 5.13. The van der Waals surface area contributed by atoms with Crippen LogP contribution in [0.3, 0.4) is 0 Å². The molecule has 3 aromatic rings. The van der Waals surface area contributed by atoms with Crippen LogP contribution in [-0.2, 0) is 0 Å². The molecule has 0 radical (unpaired) electrons. The zero-order chi connectivity index (χ0) is 15.0. The summed E-state index contributed by atoms with van der Waals surface area (Å²) in [7, 11) is 0. The number of rotatable bonds is 3. The molecule has 3 rings (SSSR count). The van der Waals surface area contributed by atoms with Crippen LogP contribution in [0.25, 0.3) is 10.9 Å². The van der Waals surface area contributed by atoms with Gasteiger partial charge in [0.15, 0.2) is 0 Å². The Labute approximate surface area is 123 Å². The molecule has 21 heavy (non-hydrogen) atoms. The third-order valence-electron chi connectivity index (χ3n) is 3.67. The number of hydrogen-bond acceptors (Lipinski definition) is 2. The molecule has 0 fully saturated rings. The number of nitrogens with one attached hydrogen (secondary N) is 2. The van der Waals surface area contributed by atoms with Crippen molar-refractivity contribution in [2.45, 2.75) is 26.8 Å². The van der Waals surface area contributed by atoms with Crippen LogP contribution in [0.15, 0.2) is 40.8 Å². The normalized spacial score (nSPS) is 12.5. The van der Waals surface area contributed by atoms with Crippen molar-refractivity contribution in [1.82, 2.24) is 10.3 Å². The number of para-hydroxylation sites is 1. The second-order valence-electron chi connectivity index (χ2n) is 5.33. The maximum absolute atomic E-state index is 12.3. The third kappa shape index (κ3) is 2.57. The summed E-state index contributed by atoms with van der Waals surface area (Å²) in [5, 5.41) is 4.03. The van der Waals surface area contributed by atoms with Crippen LogP contribution in [0.5, 0.6) is 0 Å². The standard InChI is InChI=1S/C17H18N2O2/c1-10-8-14(12(3)21-10)11(2)18-17(20)16-9-13-6-4-5-7-15(13)19-16/h4-9,11,19H,1-3H3,(H,18,20). The summed E-state index contributed by atoms with van der Waals surface area (Å²) in [5.74, 6) is 1.59. The molecule has 4 heteroatoms. The molecular formula is C17H18N2O2. The zero-order valence-electron chi connectivity index (χ0n) is 12.4. The minimum absolute atomic E-state index is 0.0960. The molecule has 108 valence electrons. The highest BCUT2D eigenvalue weighted by Crippen LogP contribution is 2.22. The fraction of sp³-hybridized carbons (Fsp3) is 0.235. The van der Waals surface area contributed by atoms with Crippen molar-refractivity contribution in [2.24, 2.45) is 0 Å². The van der Waals surface area contributed by atoms with Gasteiger partial charge in [-0.1, -0.05) is 18.2 Å². The lowest BCUT2D eigenvalue weighted by Gasteiger charge is -2.12. The smallest absolute Gasteiger partial charge is 0.268 e. The third-order valence-corrected chi connectivity index (χ3v) is 3.67. The van der Waals surface area contributed by atoms with E-state index in [-0.39, 0.29) is 11.9 Å². The van der Waals surface area contributed by atoms with E-state index in [2.05, 4.69) is 10.3 Å². The monoisotopic (exact) mass is 282 g/mol. The number of fused-ring (bicyclic) bond motifs is 1. The summed E-state index contributed by atoms with van der Waals surface area (Å²) in [6, 6.07) is 11.6. The van der Waals surface area contributed by atoms with E-state index in [1.165, 1.54) is 0 Å². The fourth-order valence-corrected chi connectivity index (χ4v) is 2.63. The van der Waals surface area contributed by atoms with E-state index in [1.807, 2.05) is 57.2 Å². The van der Waals surface area contributed by atoms with Gasteiger partial charge < -0.3 is 14.7 Å². The molecule has 2 aromatic heterocycles. The number of carbonyl (C=O) groups is 1. The van der Waals surface area contributed by atoms with Crippen LogP contribution in [0.4, 0.5) is 0 Å². The van der Waals surface area contributed by atoms with Gasteiger partial charge in [0, 0.05) is 16.5 Å². The number of aromatic amines is 1. The number of carbonyl (C=O) groups excluding carboxylic acids is 1. The summed E-state index contributed by atoms with van der Waals surface area (Å²) in [4.78, 5) is 15.5. The first-order chi connectivity index (χ1) is 10.0. The van der Waals surface area contributed by atoms with E-state index < -0.39 is 0 Å². The van der Waals surface area contributed by atoms with E-state index in [4.69, 9.17) is 4.42 Å². The topological polar surface area (TPSA) is 58.0 Å². The first kappa shape index (κ1) is 13.5. The van der Waals surface area contributed by atoms with Gasteiger partial charge in [-0.25, -0.2) is 0 Å². The van der Waals surface area contributed by atoms with Gasteiger partial charge in [0.2, 0.25) is 0 Å². The molecule has 1 amide bonds. The number of H-pyrrole nitrogens is 1. The summed E-state index contributed by atoms with van der Waals surface area (Å²) >= 11 is 0. The molecule has 1 unspecified atom stereocenters. The number of aryl methyl sites for hydroxylation is 2. The summed E-state index contributed by atoms with van der Waals surface area (Å²) in [6.07, 6.45) is 0. The van der Waals surface area contributed by atoms with Crippen molar-refractivity contribution in [3.05, 3.63) is 59.2 Å². The van der Waals surface area contributed by atoms with Gasteiger partial charge in [0.05, 0.1) is 6.04 Å². The molecule has 4 nitrogen and oxygen atoms in total. The Hall–Kier alpha value is -2.49. The molecule has 0 aliphatic rings. The van der Waals surface area contributed by atoms with Gasteiger partial charge in [0.25, 0.3) is 5.91 Å². The van der Waals surface area contributed by atoms with Gasteiger partial charge >= 0.3 is 0 Å². The SMILES string of the molecule is Cc1cc(C(C)NC(=O)c2cc3ccccc3[nH]2)c(C)o1. The quantitative estimate of drug-likeness (QED) is 0.766. The van der Waals surface area contributed by atoms with E-state index >= 15 is 0 Å². The van der Waals surface area contributed by atoms with Crippen LogP contribution in [-0.4, -0.2) is 10.9 Å². The van der Waals surface area contributed by atoms with Crippen molar-refractivity contribution in [1.29, 1.82) is 0 Å². The molecule has 0 bridgehead atoms. The first-order valence-corrected chi connectivity index (χ1v) is 7.00. The van der Waals surface area contributed by atoms with E-state index in [0.29, 0.717) is 5.69 Å². The average molecular weight is 282 g/mol. The Morgan fingerprint density at radius 2 is 2.00 bits per heavy atom. The first-order valence-electron chi connectivity index (χ1n) is 7.00. The molecule has 0 aliphatic heterocycles. The van der Waals surface area contributed by atoms with Gasteiger partial charge in [-0.3, -0.25) is 4.79 Å². The van der Waals surface area contributed by atoms with Crippen LogP contribution < -0.4 is 5.32 Å². The second-order valence-corrected chi connectivity index (χ2v) is 5.33. The number of hydrogen-bond donors (Lipinski definition) is 2. The van der Waals surface area contributed by atoms with Crippen LogP contribution >= 0.6 is 0 Å². The van der Waals surface area contributed by atoms with Crippen LogP contribution in [0.1, 0.15) is 40.5 Å². The van der Waals surface area contributed by atoms with Gasteiger partial charge in [0.1, 0.15) is 17.2 Å². The summed E-state index contributed by atoms with van der Waals surface area (Å²) in [5.41, 5.74) is 2.54. The lowest BCUT2D eigenvalue weighted by Crippen LogP contribution is -2.27. The number of benzene rings is 1. The molecule has 2 heterocycles. The Balaban J connectivity index is 1.81. The van der Waals surface area contributed by atoms with Gasteiger partial charge in [-0.2, -0.15) is 0 Å². The largest absolute Gasteiger partial charge is 0.466 e. The van der Waals surface area contributed by atoms with Crippen molar-refractivity contribution in [3.63, 3.8) is 0 Å². The Morgan fingerprint density at radius 1 is 1.24 bits per heavy atom. The van der Waals surface area contributed by atoms with Crippen molar-refractivity contribution in [3.8, 4) is 0 Å². The van der Waals surface area contributed by atoms with E-state index in [0.717, 1.165) is 28.0 Å². The van der Waals surface area contributed by atoms with E-state index in [1.54, 1.807) is 0 Å². The minimum Gasteiger partial charge on any atom is -0.466 e. The van der Waals surface area contributed by atoms with Gasteiger partial charge in [-0.15, -0.1) is 0 Å². The fourth-order valence-electron chi connectivity index (χ4n) is 2.63. The molecule has 0 saturated heterocycles. The lowest BCUT2D eigenvalue weighted by atomic mass is 10.1. The highest BCUT2D eigenvalue weighted by Gasteiger charge is 2.17. The highest BCUT2D eigenvalue weighted by molar-refractivity contribution is 5.98. The van der Waals surface area contributed by atoms with Crippen molar-refractivity contribution >= 4 is 16.8 Å². The average Bonchev–Trinajstić information content (AvgIpc) is 3.01. The number of amides is 1. The molecule has 0 spiro atoms. The molecular weight excluding hydrogens is 264 g/mol. The predicted octanol–water partition coefficient (Wildman–Crippen LogP) is 3.87. The molecule has 2 N–H and O–H groups in total. The van der Waals surface area contributed by atoms with Crippen LogP contribution in [0.2, 0.25) is 0 Å². The number of furan rings is 1. The summed E-state index contributed by atoms with van der Waals surface area (Å²) in [6.45, 7) is 5.77. The summed E-state index contributed by atoms with van der Waals surface area (Å²) < 4.78 is 5.51. The van der Waals surface area contributed by atoms with E-state index in [9.17, 15) is 4.79 Å². The maximum Gasteiger partial charge on any atom is 0.268 e. The van der Waals surface area contributed by atoms with Crippen LogP contribution in [0, 0.1) is 13.8 Å². The molecule has 0 saturated carbocycles. The Morgan fingerprint density at radius 3 is 2.67 bits per heavy atom. The molecule has 1 aromatic carbocycles. The van der Waals surface area contributed by atoms with Crippen molar-refractivity contribution in [2.75, 3.05) is 0 Å². The zero-order valence-corrected chi connectivity index (χ0v) is 12.4. The molecule has 1 atom stereocenters. The predicted molar refractivity (Wildman–Crippen MR) is 82.4 cm³/mol. The maximum atomic E-state index is 12.3.